The van der Waals surface area contributed by atoms with Gasteiger partial charge in [-0.3, -0.25) is 14.5 Å². The predicted octanol–water partition coefficient (Wildman–Crippen LogP) is 5.20. The lowest BCUT2D eigenvalue weighted by molar-refractivity contribution is -0.123. The number of carbonyl (C=O) groups excluding carboxylic acids is 2. The Kier molecular flexibility index (Phi) is 6.06. The Labute approximate surface area is 175 Å². The summed E-state index contributed by atoms with van der Waals surface area (Å²) in [5.74, 6) is -0.293. The maximum atomic E-state index is 13.5. The van der Waals surface area contributed by atoms with Crippen molar-refractivity contribution in [1.82, 2.24) is 5.32 Å². The molecule has 1 heterocycles. The average molecular weight is 405 g/mol. The van der Waals surface area contributed by atoms with Crippen LogP contribution in [0.3, 0.4) is 0 Å². The van der Waals surface area contributed by atoms with Crippen molar-refractivity contribution in [3.63, 3.8) is 0 Å². The van der Waals surface area contributed by atoms with Gasteiger partial charge in [0.2, 0.25) is 5.91 Å². The first-order valence-electron chi connectivity index (χ1n) is 10.0. The summed E-state index contributed by atoms with van der Waals surface area (Å²) in [4.78, 5) is 29.3. The molecule has 1 N–H and O–H groups in total. The average Bonchev–Trinajstić information content (AvgIpc) is 3.47. The van der Waals surface area contributed by atoms with Crippen molar-refractivity contribution >= 4 is 28.8 Å². The zero-order valence-corrected chi connectivity index (χ0v) is 17.0. The summed E-state index contributed by atoms with van der Waals surface area (Å²) >= 11 is 1.39. The number of thiophene rings is 1. The van der Waals surface area contributed by atoms with Crippen molar-refractivity contribution in [2.75, 3.05) is 4.90 Å². The molecule has 148 valence electrons. The summed E-state index contributed by atoms with van der Waals surface area (Å²) in [6.45, 7) is 0. The third kappa shape index (κ3) is 4.40. The molecule has 4 nitrogen and oxygen atoms in total. The van der Waals surface area contributed by atoms with E-state index in [0.717, 1.165) is 31.2 Å². The van der Waals surface area contributed by atoms with E-state index in [0.29, 0.717) is 10.6 Å². The molecule has 29 heavy (non-hydrogen) atoms. The van der Waals surface area contributed by atoms with Gasteiger partial charge < -0.3 is 5.32 Å². The van der Waals surface area contributed by atoms with Crippen molar-refractivity contribution in [3.8, 4) is 0 Å². The van der Waals surface area contributed by atoms with Crippen molar-refractivity contribution < 1.29 is 9.59 Å². The summed E-state index contributed by atoms with van der Waals surface area (Å²) in [5, 5.41) is 5.08. The van der Waals surface area contributed by atoms with E-state index in [-0.39, 0.29) is 17.9 Å². The van der Waals surface area contributed by atoms with Crippen LogP contribution in [0.4, 0.5) is 5.69 Å². The van der Waals surface area contributed by atoms with Gasteiger partial charge in [-0.15, -0.1) is 11.3 Å². The molecule has 0 aliphatic heterocycles. The number of amides is 2. The van der Waals surface area contributed by atoms with Gasteiger partial charge in [0.15, 0.2) is 0 Å². The van der Waals surface area contributed by atoms with E-state index in [9.17, 15) is 9.59 Å². The number of anilines is 1. The molecule has 1 saturated carbocycles. The van der Waals surface area contributed by atoms with Crippen LogP contribution < -0.4 is 10.2 Å². The highest BCUT2D eigenvalue weighted by atomic mass is 32.1. The van der Waals surface area contributed by atoms with Crippen LogP contribution in [0, 0.1) is 0 Å². The summed E-state index contributed by atoms with van der Waals surface area (Å²) in [5.41, 5.74) is 1.51. The highest BCUT2D eigenvalue weighted by Gasteiger charge is 2.34. The Morgan fingerprint density at radius 1 is 0.897 bits per heavy atom. The summed E-state index contributed by atoms with van der Waals surface area (Å²) in [7, 11) is 0. The fraction of sp³-hybridized carbons (Fsp3) is 0.250. The van der Waals surface area contributed by atoms with E-state index < -0.39 is 6.04 Å². The number of rotatable bonds is 6. The number of para-hydroxylation sites is 1. The van der Waals surface area contributed by atoms with Gasteiger partial charge in [0.1, 0.15) is 6.04 Å². The van der Waals surface area contributed by atoms with Crippen molar-refractivity contribution in [3.05, 3.63) is 88.6 Å². The van der Waals surface area contributed by atoms with Crippen molar-refractivity contribution in [1.29, 1.82) is 0 Å². The first-order chi connectivity index (χ1) is 14.2. The third-order valence-electron chi connectivity index (χ3n) is 5.31. The van der Waals surface area contributed by atoms with E-state index in [1.54, 1.807) is 11.0 Å². The Morgan fingerprint density at radius 2 is 1.55 bits per heavy atom. The van der Waals surface area contributed by atoms with Gasteiger partial charge in [-0.2, -0.15) is 0 Å². The third-order valence-corrected chi connectivity index (χ3v) is 6.17. The molecule has 0 spiro atoms. The molecule has 0 bridgehead atoms. The van der Waals surface area contributed by atoms with Crippen LogP contribution in [-0.4, -0.2) is 17.9 Å². The highest BCUT2D eigenvalue weighted by Crippen LogP contribution is 2.31. The van der Waals surface area contributed by atoms with Gasteiger partial charge in [0.25, 0.3) is 5.91 Å². The van der Waals surface area contributed by atoms with Crippen LogP contribution in [0.1, 0.15) is 47.0 Å². The van der Waals surface area contributed by atoms with E-state index in [1.165, 1.54) is 11.3 Å². The van der Waals surface area contributed by atoms with Gasteiger partial charge in [-0.25, -0.2) is 0 Å². The van der Waals surface area contributed by atoms with Gasteiger partial charge in [-0.1, -0.05) is 67.4 Å². The van der Waals surface area contributed by atoms with Gasteiger partial charge >= 0.3 is 0 Å². The second kappa shape index (κ2) is 9.05. The molecule has 0 radical (unpaired) electrons. The normalized spacial score (nSPS) is 15.0. The summed E-state index contributed by atoms with van der Waals surface area (Å²) in [6, 6.07) is 22.1. The topological polar surface area (TPSA) is 49.4 Å². The monoisotopic (exact) mass is 404 g/mol. The second-order valence-electron chi connectivity index (χ2n) is 7.29. The number of nitrogens with one attached hydrogen (secondary N) is 1. The number of benzene rings is 2. The molecule has 3 aromatic rings. The van der Waals surface area contributed by atoms with Crippen molar-refractivity contribution in [2.45, 2.75) is 37.8 Å². The predicted molar refractivity (Wildman–Crippen MR) is 117 cm³/mol. The Hall–Kier alpha value is -2.92. The second-order valence-corrected chi connectivity index (χ2v) is 8.24. The number of hydrogen-bond acceptors (Lipinski definition) is 3. The zero-order valence-electron chi connectivity index (χ0n) is 16.2. The van der Waals surface area contributed by atoms with Crippen LogP contribution in [0.5, 0.6) is 0 Å². The van der Waals surface area contributed by atoms with Gasteiger partial charge in [0, 0.05) is 11.7 Å². The molecule has 2 aromatic carbocycles. The lowest BCUT2D eigenvalue weighted by Crippen LogP contribution is -2.46. The van der Waals surface area contributed by atoms with E-state index in [1.807, 2.05) is 72.1 Å². The molecule has 5 heteroatoms. The molecule has 4 rings (SSSR count). The lowest BCUT2D eigenvalue weighted by atomic mass is 10.0. The molecule has 1 aliphatic rings. The highest BCUT2D eigenvalue weighted by molar-refractivity contribution is 7.12. The van der Waals surface area contributed by atoms with E-state index >= 15 is 0 Å². The number of carbonyl (C=O) groups is 2. The maximum Gasteiger partial charge on any atom is 0.269 e. The fourth-order valence-corrected chi connectivity index (χ4v) is 4.55. The van der Waals surface area contributed by atoms with Crippen LogP contribution in [0.25, 0.3) is 0 Å². The smallest absolute Gasteiger partial charge is 0.269 e. The van der Waals surface area contributed by atoms with Gasteiger partial charge in [-0.05, 0) is 42.0 Å². The van der Waals surface area contributed by atoms with E-state index in [4.69, 9.17) is 0 Å². The number of nitrogens with zero attached hydrogens (tertiary/aromatic N) is 1. The molecular weight excluding hydrogens is 380 g/mol. The Balaban J connectivity index is 1.77. The molecule has 1 fully saturated rings. The first-order valence-corrected chi connectivity index (χ1v) is 10.9. The minimum Gasteiger partial charge on any atom is -0.351 e. The Bertz CT molecular complexity index is 936. The number of hydrogen-bond donors (Lipinski definition) is 1. The fourth-order valence-electron chi connectivity index (χ4n) is 3.89. The van der Waals surface area contributed by atoms with Crippen LogP contribution >= 0.6 is 11.3 Å². The standard InChI is InChI=1S/C24H24N2O2S/c27-23(25-19-12-7-8-13-19)22(18-10-3-1-4-11-18)26(20-14-5-2-6-15-20)24(28)21-16-9-17-29-21/h1-6,9-11,14-17,19,22H,7-8,12-13H2,(H,25,27)/t22-/m0/s1. The molecule has 1 aromatic heterocycles. The van der Waals surface area contributed by atoms with Crippen LogP contribution in [0.2, 0.25) is 0 Å². The molecule has 1 atom stereocenters. The molecule has 0 unspecified atom stereocenters. The Morgan fingerprint density at radius 3 is 2.17 bits per heavy atom. The molecule has 2 amide bonds. The quantitative estimate of drug-likeness (QED) is 0.614. The minimum absolute atomic E-state index is 0.128. The SMILES string of the molecule is O=C(NC1CCCC1)[C@H](c1ccccc1)N(C(=O)c1cccs1)c1ccccc1. The molecular formula is C24H24N2O2S. The summed E-state index contributed by atoms with van der Waals surface area (Å²) < 4.78 is 0. The zero-order chi connectivity index (χ0) is 20.1. The van der Waals surface area contributed by atoms with Crippen LogP contribution in [0.15, 0.2) is 78.2 Å². The van der Waals surface area contributed by atoms with Gasteiger partial charge in [0.05, 0.1) is 4.88 Å². The molecule has 0 saturated heterocycles. The lowest BCUT2D eigenvalue weighted by Gasteiger charge is -2.32. The van der Waals surface area contributed by atoms with Crippen molar-refractivity contribution in [2.24, 2.45) is 0 Å². The first kappa shape index (κ1) is 19.4. The summed E-state index contributed by atoms with van der Waals surface area (Å²) in [6.07, 6.45) is 4.27. The van der Waals surface area contributed by atoms with E-state index in [2.05, 4.69) is 5.32 Å². The molecule has 1 aliphatic carbocycles. The largest absolute Gasteiger partial charge is 0.351 e. The van der Waals surface area contributed by atoms with Crippen LogP contribution in [-0.2, 0) is 4.79 Å². The maximum absolute atomic E-state index is 13.5. The minimum atomic E-state index is -0.728.